The number of hydrogen-bond acceptors (Lipinski definition) is 5. The van der Waals surface area contributed by atoms with E-state index >= 15 is 0 Å². The molecule has 0 atom stereocenters. The number of fused-ring (bicyclic) bond motifs is 2. The average molecular weight is 326 g/mol. The van der Waals surface area contributed by atoms with Gasteiger partial charge in [-0.2, -0.15) is 5.26 Å². The molecule has 0 spiro atoms. The lowest BCUT2D eigenvalue weighted by Crippen LogP contribution is -1.97. The van der Waals surface area contributed by atoms with Gasteiger partial charge in [0.1, 0.15) is 0 Å². The van der Waals surface area contributed by atoms with E-state index < -0.39 is 0 Å². The molecule has 120 valence electrons. The van der Waals surface area contributed by atoms with E-state index in [1.54, 1.807) is 16.8 Å². The van der Waals surface area contributed by atoms with Gasteiger partial charge in [-0.15, -0.1) is 5.10 Å². The molecule has 4 rings (SSSR count). The summed E-state index contributed by atoms with van der Waals surface area (Å²) in [5, 5.41) is 14.4. The van der Waals surface area contributed by atoms with Crippen molar-refractivity contribution in [1.82, 2.24) is 24.6 Å². The molecule has 0 unspecified atom stereocenters. The van der Waals surface area contributed by atoms with E-state index in [9.17, 15) is 0 Å². The summed E-state index contributed by atoms with van der Waals surface area (Å²) >= 11 is 0. The number of aryl methyl sites for hydroxylation is 2. The standard InChI is InChI=1S/C19H14N6/c1-12-11-21-13(2)19-23-18(24-25(12)19)8-6-16-5-4-15-9-14(10-20)3-7-17(15)22-16/h3-9,11H,1-2H3. The van der Waals surface area contributed by atoms with Crippen LogP contribution in [0.15, 0.2) is 36.5 Å². The molecule has 0 aliphatic carbocycles. The second-order valence-electron chi connectivity index (χ2n) is 5.78. The van der Waals surface area contributed by atoms with Gasteiger partial charge in [0, 0.05) is 11.6 Å². The van der Waals surface area contributed by atoms with Crippen LogP contribution in [-0.4, -0.2) is 24.6 Å². The molecule has 3 heterocycles. The Labute approximate surface area is 144 Å². The average Bonchev–Trinajstić information content (AvgIpc) is 3.08. The molecule has 0 radical (unpaired) electrons. The molecular formula is C19H14N6. The Kier molecular flexibility index (Phi) is 3.47. The van der Waals surface area contributed by atoms with Gasteiger partial charge in [0.05, 0.1) is 34.2 Å². The first-order chi connectivity index (χ1) is 12.1. The van der Waals surface area contributed by atoms with Crippen molar-refractivity contribution in [1.29, 1.82) is 5.26 Å². The Morgan fingerprint density at radius 2 is 1.96 bits per heavy atom. The maximum Gasteiger partial charge on any atom is 0.177 e. The van der Waals surface area contributed by atoms with Crippen LogP contribution in [0.4, 0.5) is 0 Å². The van der Waals surface area contributed by atoms with Crippen molar-refractivity contribution >= 4 is 28.7 Å². The third kappa shape index (κ3) is 2.72. The van der Waals surface area contributed by atoms with Crippen molar-refractivity contribution in [2.75, 3.05) is 0 Å². The molecule has 6 nitrogen and oxygen atoms in total. The van der Waals surface area contributed by atoms with Crippen LogP contribution in [0.2, 0.25) is 0 Å². The van der Waals surface area contributed by atoms with Crippen molar-refractivity contribution < 1.29 is 0 Å². The molecule has 0 N–H and O–H groups in total. The molecule has 0 amide bonds. The lowest BCUT2D eigenvalue weighted by atomic mass is 10.1. The smallest absolute Gasteiger partial charge is 0.177 e. The normalized spacial score (nSPS) is 11.4. The quantitative estimate of drug-likeness (QED) is 0.564. The summed E-state index contributed by atoms with van der Waals surface area (Å²) in [5.41, 5.74) is 4.82. The number of pyridine rings is 1. The molecular weight excluding hydrogens is 312 g/mol. The van der Waals surface area contributed by atoms with Crippen molar-refractivity contribution in [3.8, 4) is 6.07 Å². The van der Waals surface area contributed by atoms with Gasteiger partial charge in [-0.1, -0.05) is 6.07 Å². The third-order valence-electron chi connectivity index (χ3n) is 3.97. The summed E-state index contributed by atoms with van der Waals surface area (Å²) in [7, 11) is 0. The molecule has 1 aromatic carbocycles. The fourth-order valence-electron chi connectivity index (χ4n) is 2.65. The minimum absolute atomic E-state index is 0.612. The SMILES string of the molecule is Cc1ncc(C)n2nc(C=Cc3ccc4cc(C#N)ccc4n3)nc12. The molecule has 3 aromatic heterocycles. The van der Waals surface area contributed by atoms with Gasteiger partial charge < -0.3 is 0 Å². The van der Waals surface area contributed by atoms with Gasteiger partial charge >= 0.3 is 0 Å². The van der Waals surface area contributed by atoms with Gasteiger partial charge in [0.15, 0.2) is 11.5 Å². The van der Waals surface area contributed by atoms with Crippen LogP contribution in [0.1, 0.15) is 28.5 Å². The highest BCUT2D eigenvalue weighted by Gasteiger charge is 2.07. The third-order valence-corrected chi connectivity index (χ3v) is 3.97. The molecule has 0 saturated heterocycles. The number of nitrogens with zero attached hydrogens (tertiary/aromatic N) is 6. The monoisotopic (exact) mass is 326 g/mol. The summed E-state index contributed by atoms with van der Waals surface area (Å²) in [6.45, 7) is 3.86. The topological polar surface area (TPSA) is 79.8 Å². The number of hydrogen-bond donors (Lipinski definition) is 0. The highest BCUT2D eigenvalue weighted by atomic mass is 15.3. The van der Waals surface area contributed by atoms with Gasteiger partial charge in [-0.05, 0) is 50.3 Å². The predicted octanol–water partition coefficient (Wildman–Crippen LogP) is 3.33. The molecule has 6 heteroatoms. The van der Waals surface area contributed by atoms with Crippen LogP contribution in [0.25, 0.3) is 28.7 Å². The summed E-state index contributed by atoms with van der Waals surface area (Å²) in [6.07, 6.45) is 5.50. The van der Waals surface area contributed by atoms with Crippen LogP contribution in [-0.2, 0) is 0 Å². The van der Waals surface area contributed by atoms with Crippen LogP contribution in [0.5, 0.6) is 0 Å². The van der Waals surface area contributed by atoms with Crippen molar-refractivity contribution in [2.45, 2.75) is 13.8 Å². The van der Waals surface area contributed by atoms with Crippen LogP contribution in [0.3, 0.4) is 0 Å². The molecule has 4 aromatic rings. The van der Waals surface area contributed by atoms with Gasteiger partial charge in [-0.3, -0.25) is 4.98 Å². The Balaban J connectivity index is 1.70. The number of nitriles is 1. The highest BCUT2D eigenvalue weighted by Crippen LogP contribution is 2.16. The predicted molar refractivity (Wildman–Crippen MR) is 95.6 cm³/mol. The van der Waals surface area contributed by atoms with Crippen LogP contribution < -0.4 is 0 Å². The lowest BCUT2D eigenvalue weighted by molar-refractivity contribution is 0.884. The van der Waals surface area contributed by atoms with Crippen molar-refractivity contribution in [3.63, 3.8) is 0 Å². The first-order valence-electron chi connectivity index (χ1n) is 7.82. The van der Waals surface area contributed by atoms with E-state index in [1.165, 1.54) is 0 Å². The van der Waals surface area contributed by atoms with Crippen LogP contribution >= 0.6 is 0 Å². The Bertz CT molecular complexity index is 1140. The second-order valence-corrected chi connectivity index (χ2v) is 5.78. The van der Waals surface area contributed by atoms with E-state index in [-0.39, 0.29) is 0 Å². The fourth-order valence-corrected chi connectivity index (χ4v) is 2.65. The van der Waals surface area contributed by atoms with E-state index in [2.05, 4.69) is 26.1 Å². The zero-order chi connectivity index (χ0) is 17.4. The Hall–Kier alpha value is -3.59. The molecule has 0 aliphatic heterocycles. The van der Waals surface area contributed by atoms with E-state index in [0.717, 1.165) is 33.6 Å². The number of benzene rings is 1. The number of rotatable bonds is 2. The molecule has 25 heavy (non-hydrogen) atoms. The van der Waals surface area contributed by atoms with Gasteiger partial charge in [0.25, 0.3) is 0 Å². The molecule has 0 aliphatic rings. The minimum Gasteiger partial charge on any atom is -0.256 e. The molecule has 0 fully saturated rings. The Morgan fingerprint density at radius 3 is 2.76 bits per heavy atom. The molecule has 0 saturated carbocycles. The van der Waals surface area contributed by atoms with Crippen molar-refractivity contribution in [2.24, 2.45) is 0 Å². The summed E-state index contributed by atoms with van der Waals surface area (Å²) in [4.78, 5) is 13.4. The molecule has 0 bridgehead atoms. The summed E-state index contributed by atoms with van der Waals surface area (Å²) < 4.78 is 1.79. The fraction of sp³-hybridized carbons (Fsp3) is 0.105. The van der Waals surface area contributed by atoms with E-state index in [4.69, 9.17) is 5.26 Å². The maximum atomic E-state index is 8.96. The van der Waals surface area contributed by atoms with E-state index in [0.29, 0.717) is 11.4 Å². The highest BCUT2D eigenvalue weighted by molar-refractivity contribution is 5.82. The lowest BCUT2D eigenvalue weighted by Gasteiger charge is -1.99. The van der Waals surface area contributed by atoms with Crippen LogP contribution in [0, 0.1) is 25.2 Å². The first kappa shape index (κ1) is 15.0. The Morgan fingerprint density at radius 1 is 1.08 bits per heavy atom. The van der Waals surface area contributed by atoms with E-state index in [1.807, 2.05) is 50.3 Å². The number of aromatic nitrogens is 5. The second kappa shape index (κ2) is 5.80. The summed E-state index contributed by atoms with van der Waals surface area (Å²) in [5.74, 6) is 0.612. The van der Waals surface area contributed by atoms with Gasteiger partial charge in [0.2, 0.25) is 0 Å². The first-order valence-corrected chi connectivity index (χ1v) is 7.82. The minimum atomic E-state index is 0.612. The van der Waals surface area contributed by atoms with Crippen molar-refractivity contribution in [3.05, 3.63) is 65.0 Å². The zero-order valence-corrected chi connectivity index (χ0v) is 13.8. The summed E-state index contributed by atoms with van der Waals surface area (Å²) in [6, 6.07) is 11.5. The van der Waals surface area contributed by atoms with Gasteiger partial charge in [-0.25, -0.2) is 14.5 Å². The largest absolute Gasteiger partial charge is 0.256 e. The zero-order valence-electron chi connectivity index (χ0n) is 13.8. The maximum absolute atomic E-state index is 8.96.